The number of hydrogen-bond acceptors (Lipinski definition) is 10. The van der Waals surface area contributed by atoms with Gasteiger partial charge in [0.2, 0.25) is 6.29 Å². The maximum Gasteiger partial charge on any atom is 0.416 e. The normalized spacial score (nSPS) is 25.3. The summed E-state index contributed by atoms with van der Waals surface area (Å²) in [4.78, 5) is 18.1. The highest BCUT2D eigenvalue weighted by Gasteiger charge is 2.48. The summed E-state index contributed by atoms with van der Waals surface area (Å²) >= 11 is 0. The molecular weight excluding hydrogens is 668 g/mol. The molecular formula is C35H32F4N2O9. The molecule has 4 N–H and O–H groups in total. The minimum Gasteiger partial charge on any atom is -0.492 e. The summed E-state index contributed by atoms with van der Waals surface area (Å²) in [5.41, 5.74) is 1.68. The van der Waals surface area contributed by atoms with Crippen molar-refractivity contribution in [1.29, 1.82) is 0 Å². The SMILES string of the molecule is O=C(O)[C@H]1O[C@@H](Oc2ccc3c4c(cnc3c2)-c2ccc(C(F)(F)F)cc2O[C@H]4c2ccc(OCCN3CC(CF)C3)cc2)[C@H](O)[C@@H](O)[C@@H]1O. The van der Waals surface area contributed by atoms with Crippen molar-refractivity contribution in [2.24, 2.45) is 5.92 Å². The number of pyridine rings is 1. The van der Waals surface area contributed by atoms with Crippen LogP contribution in [-0.4, -0.2) is 99.9 Å². The van der Waals surface area contributed by atoms with E-state index in [-0.39, 0.29) is 24.1 Å². The fourth-order valence-electron chi connectivity index (χ4n) is 6.48. The van der Waals surface area contributed by atoms with Crippen LogP contribution in [0.4, 0.5) is 17.6 Å². The molecule has 3 aromatic carbocycles. The molecule has 0 amide bonds. The summed E-state index contributed by atoms with van der Waals surface area (Å²) in [7, 11) is 0. The first kappa shape index (κ1) is 33.9. The predicted octanol–water partition coefficient (Wildman–Crippen LogP) is 3.95. The zero-order valence-corrected chi connectivity index (χ0v) is 26.2. The predicted molar refractivity (Wildman–Crippen MR) is 167 cm³/mol. The van der Waals surface area contributed by atoms with Crippen LogP contribution in [0.2, 0.25) is 0 Å². The molecule has 50 heavy (non-hydrogen) atoms. The van der Waals surface area contributed by atoms with Crippen LogP contribution in [0.3, 0.4) is 0 Å². The quantitative estimate of drug-likeness (QED) is 0.188. The van der Waals surface area contributed by atoms with Crippen LogP contribution in [0.25, 0.3) is 22.0 Å². The second-order valence-electron chi connectivity index (χ2n) is 12.5. The van der Waals surface area contributed by atoms with Gasteiger partial charge >= 0.3 is 12.1 Å². The van der Waals surface area contributed by atoms with Crippen LogP contribution in [-0.2, 0) is 15.7 Å². The third-order valence-corrected chi connectivity index (χ3v) is 9.16. The van der Waals surface area contributed by atoms with Crippen molar-refractivity contribution in [3.05, 3.63) is 83.6 Å². The average Bonchev–Trinajstić information content (AvgIpc) is 3.08. The fourth-order valence-corrected chi connectivity index (χ4v) is 6.48. The summed E-state index contributed by atoms with van der Waals surface area (Å²) in [5.74, 6) is -0.799. The van der Waals surface area contributed by atoms with Gasteiger partial charge in [-0.15, -0.1) is 0 Å². The molecule has 7 rings (SSSR count). The Morgan fingerprint density at radius 1 is 0.940 bits per heavy atom. The van der Waals surface area contributed by atoms with Crippen LogP contribution in [0.1, 0.15) is 22.8 Å². The van der Waals surface area contributed by atoms with Crippen molar-refractivity contribution in [3.63, 3.8) is 0 Å². The molecule has 264 valence electrons. The first-order chi connectivity index (χ1) is 23.9. The number of hydrogen-bond donors (Lipinski definition) is 4. The summed E-state index contributed by atoms with van der Waals surface area (Å²) in [6.45, 7) is 2.10. The van der Waals surface area contributed by atoms with Crippen LogP contribution in [0.15, 0.2) is 66.9 Å². The monoisotopic (exact) mass is 700 g/mol. The molecule has 0 radical (unpaired) electrons. The molecule has 0 aliphatic carbocycles. The van der Waals surface area contributed by atoms with Gasteiger partial charge in [0.15, 0.2) is 12.2 Å². The number of alkyl halides is 4. The van der Waals surface area contributed by atoms with Gasteiger partial charge in [-0.1, -0.05) is 12.1 Å². The Balaban J connectivity index is 1.20. The molecule has 0 saturated carbocycles. The minimum atomic E-state index is -4.59. The number of likely N-dealkylation sites (tertiary alicyclic amines) is 1. The van der Waals surface area contributed by atoms with Crippen molar-refractivity contribution in [1.82, 2.24) is 9.88 Å². The number of rotatable bonds is 9. The zero-order chi connectivity index (χ0) is 35.3. The molecule has 0 spiro atoms. The smallest absolute Gasteiger partial charge is 0.416 e. The first-order valence-electron chi connectivity index (χ1n) is 15.8. The van der Waals surface area contributed by atoms with Crippen LogP contribution < -0.4 is 14.2 Å². The number of aliphatic hydroxyl groups excluding tert-OH is 3. The fraction of sp³-hybridized carbons (Fsp3) is 0.371. The molecule has 3 aliphatic heterocycles. The highest BCUT2D eigenvalue weighted by molar-refractivity contribution is 5.92. The Labute approximate surface area is 282 Å². The van der Waals surface area contributed by atoms with Gasteiger partial charge in [0.25, 0.3) is 0 Å². The number of carboxylic acid groups (broad SMARTS) is 1. The van der Waals surface area contributed by atoms with E-state index in [4.69, 9.17) is 18.9 Å². The molecule has 11 nitrogen and oxygen atoms in total. The Hall–Kier alpha value is -4.54. The Kier molecular flexibility index (Phi) is 9.03. The minimum absolute atomic E-state index is 0.0250. The van der Waals surface area contributed by atoms with Gasteiger partial charge in [0.05, 0.1) is 17.8 Å². The summed E-state index contributed by atoms with van der Waals surface area (Å²) in [6, 6.07) is 14.9. The van der Waals surface area contributed by atoms with Gasteiger partial charge < -0.3 is 39.4 Å². The van der Waals surface area contributed by atoms with E-state index >= 15 is 0 Å². The summed E-state index contributed by atoms with van der Waals surface area (Å²) < 4.78 is 76.9. The van der Waals surface area contributed by atoms with Crippen LogP contribution in [0, 0.1) is 5.92 Å². The summed E-state index contributed by atoms with van der Waals surface area (Å²) in [5, 5.41) is 40.5. The maximum atomic E-state index is 13.7. The Morgan fingerprint density at radius 3 is 2.38 bits per heavy atom. The maximum absolute atomic E-state index is 13.7. The first-order valence-corrected chi connectivity index (χ1v) is 15.8. The number of halogens is 4. The lowest BCUT2D eigenvalue weighted by molar-refractivity contribution is -0.271. The van der Waals surface area contributed by atoms with E-state index in [0.29, 0.717) is 65.1 Å². The van der Waals surface area contributed by atoms with E-state index in [0.717, 1.165) is 12.1 Å². The molecule has 2 fully saturated rings. The van der Waals surface area contributed by atoms with Crippen molar-refractivity contribution >= 4 is 16.9 Å². The third kappa shape index (κ3) is 6.42. The molecule has 4 heterocycles. The van der Waals surface area contributed by atoms with Crippen molar-refractivity contribution in [3.8, 4) is 28.4 Å². The van der Waals surface area contributed by atoms with Gasteiger partial charge in [-0.2, -0.15) is 13.2 Å². The number of aliphatic hydroxyl groups is 3. The molecule has 0 unspecified atom stereocenters. The lowest BCUT2D eigenvalue weighted by Gasteiger charge is -2.38. The van der Waals surface area contributed by atoms with E-state index in [2.05, 4.69) is 9.88 Å². The Bertz CT molecular complexity index is 1890. The standard InChI is InChI=1S/C35H32F4N2O9/c36-13-17-15-41(16-17)9-10-47-20-4-1-18(2-5-20)31-27-23-8-6-21(48-34-30(44)28(42)29(43)32(50-34)33(45)46)12-25(23)40-14-24(27)22-7-3-19(35(37,38)39)11-26(22)49-31/h1-8,11-12,14,17,28-32,34,42-44H,9-10,13,15-16H2,(H,45,46)/t28-,29-,30+,31-,32-,34+/m0/s1. The summed E-state index contributed by atoms with van der Waals surface area (Å²) in [6.07, 6.45) is -13.0. The topological polar surface area (TPSA) is 151 Å². The lowest BCUT2D eigenvalue weighted by atomic mass is 9.87. The van der Waals surface area contributed by atoms with Gasteiger partial charge in [0.1, 0.15) is 42.2 Å². The van der Waals surface area contributed by atoms with E-state index in [1.807, 2.05) is 0 Å². The Morgan fingerprint density at radius 2 is 1.68 bits per heavy atom. The molecule has 3 aliphatic rings. The highest BCUT2D eigenvalue weighted by atomic mass is 19.4. The van der Waals surface area contributed by atoms with E-state index < -0.39 is 54.5 Å². The number of aliphatic carboxylic acids is 1. The number of carboxylic acids is 1. The van der Waals surface area contributed by atoms with Crippen LogP contribution in [0.5, 0.6) is 17.2 Å². The molecule has 6 atom stereocenters. The lowest BCUT2D eigenvalue weighted by Crippen LogP contribution is -2.61. The number of aromatic nitrogens is 1. The van der Waals surface area contributed by atoms with Crippen LogP contribution >= 0.6 is 0 Å². The van der Waals surface area contributed by atoms with Crippen molar-refractivity contribution in [2.75, 3.05) is 32.9 Å². The molecule has 15 heteroatoms. The number of nitrogens with zero attached hydrogens (tertiary/aromatic N) is 2. The largest absolute Gasteiger partial charge is 0.492 e. The van der Waals surface area contributed by atoms with Gasteiger partial charge in [-0.05, 0) is 48.0 Å². The van der Waals surface area contributed by atoms with Crippen molar-refractivity contribution in [2.45, 2.75) is 43.0 Å². The number of benzene rings is 3. The highest BCUT2D eigenvalue weighted by Crippen LogP contribution is 2.49. The van der Waals surface area contributed by atoms with Gasteiger partial charge in [0, 0.05) is 59.9 Å². The third-order valence-electron chi connectivity index (χ3n) is 9.16. The van der Waals surface area contributed by atoms with E-state index in [1.54, 1.807) is 30.3 Å². The average molecular weight is 701 g/mol. The zero-order valence-electron chi connectivity index (χ0n) is 26.2. The van der Waals surface area contributed by atoms with Gasteiger partial charge in [-0.3, -0.25) is 14.3 Å². The number of carbonyl (C=O) groups is 1. The molecule has 4 aromatic rings. The number of fused-ring (bicyclic) bond motifs is 5. The van der Waals surface area contributed by atoms with Gasteiger partial charge in [-0.25, -0.2) is 4.79 Å². The van der Waals surface area contributed by atoms with E-state index in [1.165, 1.54) is 24.4 Å². The number of ether oxygens (including phenoxy) is 4. The molecule has 2 saturated heterocycles. The van der Waals surface area contributed by atoms with Crippen molar-refractivity contribution < 1.29 is 61.7 Å². The molecule has 1 aromatic heterocycles. The van der Waals surface area contributed by atoms with E-state index in [9.17, 15) is 42.8 Å². The second kappa shape index (κ2) is 13.3. The molecule has 0 bridgehead atoms. The second-order valence-corrected chi connectivity index (χ2v) is 12.5.